The number of carbonyl (C=O) groups excluding carboxylic acids is 1. The fraction of sp³-hybridized carbons (Fsp3) is 0.517. The Morgan fingerprint density at radius 1 is 1.11 bits per heavy atom. The van der Waals surface area contributed by atoms with Gasteiger partial charge in [0.2, 0.25) is 5.91 Å². The maximum Gasteiger partial charge on any atom is 0.235 e. The minimum absolute atomic E-state index is 0.112. The summed E-state index contributed by atoms with van der Waals surface area (Å²) in [6, 6.07) is 14.1. The van der Waals surface area contributed by atoms with Crippen LogP contribution < -0.4 is 10.6 Å². The number of nitrogens with zero attached hydrogens (tertiary/aromatic N) is 5. The summed E-state index contributed by atoms with van der Waals surface area (Å²) in [7, 11) is 2.10. The average molecular weight is 519 g/mol. The van der Waals surface area contributed by atoms with Crippen LogP contribution in [0, 0.1) is 28.1 Å². The van der Waals surface area contributed by atoms with Crippen LogP contribution in [0.4, 0.5) is 5.82 Å². The van der Waals surface area contributed by atoms with E-state index in [4.69, 9.17) is 10.7 Å². The van der Waals surface area contributed by atoms with Crippen LogP contribution in [0.1, 0.15) is 74.0 Å². The third kappa shape index (κ3) is 6.83. The first-order valence-corrected chi connectivity index (χ1v) is 14.0. The molecule has 1 unspecified atom stereocenters. The van der Waals surface area contributed by atoms with Crippen LogP contribution in [-0.4, -0.2) is 49.0 Å². The molecule has 1 atom stereocenters. The van der Waals surface area contributed by atoms with Crippen molar-refractivity contribution in [1.82, 2.24) is 9.88 Å². The number of hydrogen-bond acceptors (Lipinski definition) is 7. The van der Waals surface area contributed by atoms with Crippen LogP contribution in [-0.2, 0) is 11.2 Å². The van der Waals surface area contributed by atoms with E-state index < -0.39 is 11.2 Å². The number of hydrogen-bond donors (Lipinski definition) is 1. The second-order valence-corrected chi connectivity index (χ2v) is 11.3. The number of primary amides is 1. The molecule has 0 saturated carbocycles. The second kappa shape index (κ2) is 12.9. The van der Waals surface area contributed by atoms with Gasteiger partial charge in [0.25, 0.3) is 0 Å². The van der Waals surface area contributed by atoms with Gasteiger partial charge < -0.3 is 15.5 Å². The highest BCUT2D eigenvalue weighted by Gasteiger charge is 2.29. The summed E-state index contributed by atoms with van der Waals surface area (Å²) >= 11 is 1.21. The zero-order valence-electron chi connectivity index (χ0n) is 22.5. The Labute approximate surface area is 225 Å². The molecule has 1 amide bonds. The molecule has 2 aromatic rings. The van der Waals surface area contributed by atoms with Crippen LogP contribution in [0.25, 0.3) is 0 Å². The number of likely N-dealkylation sites (N-methyl/N-ethyl adjacent to an activating group) is 1. The third-order valence-electron chi connectivity index (χ3n) is 7.77. The lowest BCUT2D eigenvalue weighted by Gasteiger charge is -2.29. The number of carbonyl (C=O) groups is 1. The van der Waals surface area contributed by atoms with Gasteiger partial charge in [-0.1, -0.05) is 75.7 Å². The first-order valence-electron chi connectivity index (χ1n) is 13.1. The summed E-state index contributed by atoms with van der Waals surface area (Å²) in [6.45, 7) is 9.99. The van der Waals surface area contributed by atoms with Crippen LogP contribution in [0.2, 0.25) is 0 Å². The van der Waals surface area contributed by atoms with Crippen molar-refractivity contribution in [2.45, 2.75) is 63.2 Å². The van der Waals surface area contributed by atoms with Gasteiger partial charge >= 0.3 is 0 Å². The minimum Gasteiger partial charge on any atom is -0.368 e. The number of rotatable bonds is 10. The van der Waals surface area contributed by atoms with Crippen molar-refractivity contribution in [2.24, 2.45) is 11.1 Å². The number of nitrogens with two attached hydrogens (primary N) is 1. The largest absolute Gasteiger partial charge is 0.368 e. The Morgan fingerprint density at radius 3 is 2.38 bits per heavy atom. The second-order valence-electron chi connectivity index (χ2n) is 10.2. The fourth-order valence-electron chi connectivity index (χ4n) is 4.71. The van der Waals surface area contributed by atoms with E-state index in [-0.39, 0.29) is 5.41 Å². The molecule has 1 fully saturated rings. The first kappa shape index (κ1) is 28.5. The lowest BCUT2D eigenvalue weighted by atomic mass is 9.78. The monoisotopic (exact) mass is 518 g/mol. The van der Waals surface area contributed by atoms with E-state index in [1.54, 1.807) is 0 Å². The van der Waals surface area contributed by atoms with Gasteiger partial charge in [-0.25, -0.2) is 4.98 Å². The van der Waals surface area contributed by atoms with Crippen LogP contribution >= 0.6 is 11.8 Å². The molecule has 2 N–H and O–H groups in total. The van der Waals surface area contributed by atoms with E-state index in [1.165, 1.54) is 11.8 Å². The molecule has 2 heterocycles. The van der Waals surface area contributed by atoms with Crippen LogP contribution in [0.3, 0.4) is 0 Å². The number of thioether (sulfide) groups is 1. The fourth-order valence-corrected chi connectivity index (χ4v) is 5.77. The van der Waals surface area contributed by atoms with Crippen LogP contribution in [0.15, 0.2) is 35.4 Å². The van der Waals surface area contributed by atoms with Gasteiger partial charge in [0.15, 0.2) is 0 Å². The molecule has 1 aromatic heterocycles. The minimum atomic E-state index is -0.693. The number of benzene rings is 1. The number of aromatic nitrogens is 1. The van der Waals surface area contributed by atoms with Crippen molar-refractivity contribution < 1.29 is 4.79 Å². The van der Waals surface area contributed by atoms with Gasteiger partial charge in [0, 0.05) is 19.6 Å². The number of amides is 1. The van der Waals surface area contributed by atoms with Gasteiger partial charge in [0.05, 0.1) is 11.1 Å². The highest BCUT2D eigenvalue weighted by Crippen LogP contribution is 2.41. The molecular formula is C29H38N6OS. The summed E-state index contributed by atoms with van der Waals surface area (Å²) in [4.78, 5) is 21.9. The first-order chi connectivity index (χ1) is 17.8. The molecule has 37 heavy (non-hydrogen) atoms. The van der Waals surface area contributed by atoms with E-state index in [9.17, 15) is 15.3 Å². The topological polar surface area (TPSA) is 110 Å². The maximum atomic E-state index is 12.5. The molecule has 1 aromatic carbocycles. The van der Waals surface area contributed by atoms with Crippen molar-refractivity contribution in [1.29, 1.82) is 10.5 Å². The summed E-state index contributed by atoms with van der Waals surface area (Å²) < 4.78 is 0. The predicted octanol–water partition coefficient (Wildman–Crippen LogP) is 5.04. The van der Waals surface area contributed by atoms with Crippen molar-refractivity contribution in [2.75, 3.05) is 38.1 Å². The van der Waals surface area contributed by atoms with Gasteiger partial charge in [-0.2, -0.15) is 10.5 Å². The van der Waals surface area contributed by atoms with Crippen molar-refractivity contribution in [3.8, 4) is 12.1 Å². The van der Waals surface area contributed by atoms with E-state index >= 15 is 0 Å². The molecule has 1 aliphatic rings. The predicted molar refractivity (Wildman–Crippen MR) is 149 cm³/mol. The summed E-state index contributed by atoms with van der Waals surface area (Å²) in [5.41, 5.74) is 8.31. The Morgan fingerprint density at radius 2 is 1.78 bits per heavy atom. The highest BCUT2D eigenvalue weighted by atomic mass is 32.2. The Balaban J connectivity index is 2.17. The summed E-state index contributed by atoms with van der Waals surface area (Å²) in [6.07, 6.45) is 4.45. The molecule has 7 nitrogen and oxygen atoms in total. The zero-order chi connectivity index (χ0) is 27.0. The summed E-state index contributed by atoms with van der Waals surface area (Å²) in [5.74, 6) is 0.121. The van der Waals surface area contributed by atoms with Crippen molar-refractivity contribution >= 4 is 23.5 Å². The van der Waals surface area contributed by atoms with Gasteiger partial charge in [-0.3, -0.25) is 4.79 Å². The van der Waals surface area contributed by atoms with E-state index in [0.717, 1.165) is 63.0 Å². The molecule has 196 valence electrons. The highest BCUT2D eigenvalue weighted by molar-refractivity contribution is 8.00. The molecule has 0 bridgehead atoms. The third-order valence-corrected chi connectivity index (χ3v) is 9.03. The lowest BCUT2D eigenvalue weighted by Crippen LogP contribution is -2.31. The smallest absolute Gasteiger partial charge is 0.235 e. The molecule has 0 spiro atoms. The molecule has 1 saturated heterocycles. The normalized spacial score (nSPS) is 15.5. The van der Waals surface area contributed by atoms with Gasteiger partial charge in [-0.05, 0) is 49.4 Å². The SMILES string of the molecule is CCC(C)(CC)CCc1c(C#N)c(SC(C(N)=O)c2ccccc2)nc(N2CCCN(C)CC2)c1C#N. The molecular weight excluding hydrogens is 480 g/mol. The molecule has 8 heteroatoms. The zero-order valence-corrected chi connectivity index (χ0v) is 23.3. The maximum absolute atomic E-state index is 12.5. The van der Waals surface area contributed by atoms with Gasteiger partial charge in [0.1, 0.15) is 28.2 Å². The van der Waals surface area contributed by atoms with E-state index in [0.29, 0.717) is 28.4 Å². The summed E-state index contributed by atoms with van der Waals surface area (Å²) in [5, 5.41) is 20.4. The number of anilines is 1. The Bertz CT molecular complexity index is 1170. The Kier molecular flexibility index (Phi) is 9.97. The molecule has 0 aliphatic carbocycles. The Hall–Kier alpha value is -3.07. The molecule has 3 rings (SSSR count). The molecule has 0 radical (unpaired) electrons. The number of pyridine rings is 1. The van der Waals surface area contributed by atoms with E-state index in [2.05, 4.69) is 49.8 Å². The average Bonchev–Trinajstić information content (AvgIpc) is 3.14. The van der Waals surface area contributed by atoms with E-state index in [1.807, 2.05) is 30.3 Å². The number of nitriles is 2. The van der Waals surface area contributed by atoms with Gasteiger partial charge in [-0.15, -0.1) is 0 Å². The van der Waals surface area contributed by atoms with Crippen molar-refractivity contribution in [3.63, 3.8) is 0 Å². The molecule has 1 aliphatic heterocycles. The quantitative estimate of drug-likeness (QED) is 0.439. The lowest BCUT2D eigenvalue weighted by molar-refractivity contribution is -0.117. The van der Waals surface area contributed by atoms with Crippen LogP contribution in [0.5, 0.6) is 0 Å². The standard InChI is InChI=1S/C29H38N6OS/c1-5-29(3,6-2)14-13-22-23(19-30)27(35-16-10-15-34(4)17-18-35)33-28(24(22)20-31)37-25(26(32)36)21-11-8-7-9-12-21/h7-9,11-12,25H,5-6,10,13-18H2,1-4H3,(H2,32,36). The van der Waals surface area contributed by atoms with Crippen molar-refractivity contribution in [3.05, 3.63) is 52.6 Å².